The lowest BCUT2D eigenvalue weighted by Gasteiger charge is -2.10. The third-order valence-electron chi connectivity index (χ3n) is 2.61. The number of nitrogens with zero attached hydrogens (tertiary/aromatic N) is 1. The van der Waals surface area contributed by atoms with E-state index in [9.17, 15) is 9.59 Å². The van der Waals surface area contributed by atoms with Crippen molar-refractivity contribution < 1.29 is 18.7 Å². The number of ether oxygens (including phenoxy) is 1. The van der Waals surface area contributed by atoms with E-state index in [4.69, 9.17) is 14.4 Å². The zero-order chi connectivity index (χ0) is 15.2. The van der Waals surface area contributed by atoms with Crippen LogP contribution in [0.4, 0.5) is 5.69 Å². The topological polar surface area (TPSA) is 92.3 Å². The van der Waals surface area contributed by atoms with E-state index in [1.807, 2.05) is 0 Å². The maximum atomic E-state index is 12.0. The molecule has 0 aliphatic heterocycles. The molecular formula is C15H12N2O4. The van der Waals surface area contributed by atoms with Crippen molar-refractivity contribution in [1.82, 2.24) is 0 Å². The van der Waals surface area contributed by atoms with Crippen LogP contribution in [0.15, 0.2) is 47.1 Å². The minimum absolute atomic E-state index is 0.128. The summed E-state index contributed by atoms with van der Waals surface area (Å²) in [5.74, 6) is -1.03. The standard InChI is InChI=1S/C15H12N2O4/c1-10(9-16)21-15(19)11-5-2-3-6-12(11)17-14(18)13-7-4-8-20-13/h2-8,10H,1H3,(H,17,18)/t10-/m1/s1. The lowest BCUT2D eigenvalue weighted by Crippen LogP contribution is -2.17. The van der Waals surface area contributed by atoms with Gasteiger partial charge >= 0.3 is 5.97 Å². The number of hydrogen-bond acceptors (Lipinski definition) is 5. The number of nitrogens with one attached hydrogen (secondary N) is 1. The van der Waals surface area contributed by atoms with Crippen LogP contribution in [0.5, 0.6) is 0 Å². The van der Waals surface area contributed by atoms with Crippen molar-refractivity contribution in [2.75, 3.05) is 5.32 Å². The molecule has 6 nitrogen and oxygen atoms in total. The smallest absolute Gasteiger partial charge is 0.341 e. The molecule has 0 bridgehead atoms. The first-order valence-corrected chi connectivity index (χ1v) is 6.16. The van der Waals surface area contributed by atoms with Gasteiger partial charge in [0.05, 0.1) is 17.5 Å². The Morgan fingerprint density at radius 3 is 2.71 bits per heavy atom. The van der Waals surface area contributed by atoms with E-state index < -0.39 is 18.0 Å². The SMILES string of the molecule is C[C@H](C#N)OC(=O)c1ccccc1NC(=O)c1ccco1. The molecule has 1 amide bonds. The second-order valence-electron chi connectivity index (χ2n) is 4.15. The van der Waals surface area contributed by atoms with Crippen molar-refractivity contribution in [2.24, 2.45) is 0 Å². The van der Waals surface area contributed by atoms with Crippen molar-refractivity contribution in [3.63, 3.8) is 0 Å². The van der Waals surface area contributed by atoms with Gasteiger partial charge in [-0.1, -0.05) is 12.1 Å². The predicted octanol–water partition coefficient (Wildman–Crippen LogP) is 2.60. The van der Waals surface area contributed by atoms with E-state index in [1.54, 1.807) is 30.3 Å². The van der Waals surface area contributed by atoms with Gasteiger partial charge in [0.2, 0.25) is 0 Å². The molecular weight excluding hydrogens is 272 g/mol. The normalized spacial score (nSPS) is 11.2. The van der Waals surface area contributed by atoms with Crippen LogP contribution in [-0.2, 0) is 4.74 Å². The first-order chi connectivity index (χ1) is 10.1. The summed E-state index contributed by atoms with van der Waals surface area (Å²) < 4.78 is 9.90. The molecule has 0 unspecified atom stereocenters. The molecule has 106 valence electrons. The number of furan rings is 1. The molecule has 0 saturated heterocycles. The van der Waals surface area contributed by atoms with Gasteiger partial charge in [-0.05, 0) is 31.2 Å². The van der Waals surface area contributed by atoms with E-state index in [0.29, 0.717) is 0 Å². The van der Waals surface area contributed by atoms with Crippen molar-refractivity contribution in [2.45, 2.75) is 13.0 Å². The van der Waals surface area contributed by atoms with Crippen LogP contribution in [0.25, 0.3) is 0 Å². The van der Waals surface area contributed by atoms with Gasteiger partial charge in [0.1, 0.15) is 6.07 Å². The van der Waals surface area contributed by atoms with E-state index >= 15 is 0 Å². The highest BCUT2D eigenvalue weighted by Crippen LogP contribution is 2.18. The molecule has 2 rings (SSSR count). The maximum absolute atomic E-state index is 12.0. The molecule has 0 aliphatic carbocycles. The van der Waals surface area contributed by atoms with E-state index in [0.717, 1.165) is 0 Å². The molecule has 0 radical (unpaired) electrons. The Bertz CT molecular complexity index is 686. The number of nitriles is 1. The lowest BCUT2D eigenvalue weighted by molar-refractivity contribution is 0.0436. The summed E-state index contributed by atoms with van der Waals surface area (Å²) in [7, 11) is 0. The number of carbonyl (C=O) groups excluding carboxylic acids is 2. The Kier molecular flexibility index (Phi) is 4.36. The van der Waals surface area contributed by atoms with Crippen molar-refractivity contribution in [3.05, 3.63) is 54.0 Å². The van der Waals surface area contributed by atoms with E-state index in [2.05, 4.69) is 5.32 Å². The van der Waals surface area contributed by atoms with Crippen LogP contribution in [-0.4, -0.2) is 18.0 Å². The highest BCUT2D eigenvalue weighted by Gasteiger charge is 2.18. The lowest BCUT2D eigenvalue weighted by atomic mass is 10.1. The Labute approximate surface area is 120 Å². The van der Waals surface area contributed by atoms with Crippen LogP contribution in [0.2, 0.25) is 0 Å². The molecule has 1 aromatic heterocycles. The molecule has 1 N–H and O–H groups in total. The van der Waals surface area contributed by atoms with Crippen LogP contribution in [0.1, 0.15) is 27.8 Å². The largest absolute Gasteiger partial charge is 0.459 e. The van der Waals surface area contributed by atoms with Gasteiger partial charge in [-0.15, -0.1) is 0 Å². The molecule has 1 heterocycles. The maximum Gasteiger partial charge on any atom is 0.341 e. The second-order valence-corrected chi connectivity index (χ2v) is 4.15. The minimum atomic E-state index is -0.869. The van der Waals surface area contributed by atoms with Crippen LogP contribution in [0, 0.1) is 11.3 Å². The number of hydrogen-bond donors (Lipinski definition) is 1. The summed E-state index contributed by atoms with van der Waals surface area (Å²) in [6.07, 6.45) is 0.510. The third kappa shape index (κ3) is 3.48. The van der Waals surface area contributed by atoms with Gasteiger partial charge in [-0.2, -0.15) is 5.26 Å². The molecule has 0 saturated carbocycles. The van der Waals surface area contributed by atoms with Crippen molar-refractivity contribution in [1.29, 1.82) is 5.26 Å². The highest BCUT2D eigenvalue weighted by atomic mass is 16.5. The highest BCUT2D eigenvalue weighted by molar-refractivity contribution is 6.06. The molecule has 1 aromatic carbocycles. The summed E-state index contributed by atoms with van der Waals surface area (Å²) in [6.45, 7) is 1.46. The Morgan fingerprint density at radius 1 is 1.29 bits per heavy atom. The number of rotatable bonds is 4. The molecule has 0 spiro atoms. The van der Waals surface area contributed by atoms with Gasteiger partial charge in [-0.3, -0.25) is 4.79 Å². The molecule has 6 heteroatoms. The average molecular weight is 284 g/mol. The Balaban J connectivity index is 2.19. The first-order valence-electron chi connectivity index (χ1n) is 6.16. The van der Waals surface area contributed by atoms with Crippen LogP contribution in [0.3, 0.4) is 0 Å². The zero-order valence-electron chi connectivity index (χ0n) is 11.2. The summed E-state index contributed by atoms with van der Waals surface area (Å²) in [6, 6.07) is 11.3. The van der Waals surface area contributed by atoms with Gasteiger partial charge < -0.3 is 14.5 Å². The quantitative estimate of drug-likeness (QED) is 0.871. The molecule has 21 heavy (non-hydrogen) atoms. The van der Waals surface area contributed by atoms with E-state index in [-0.39, 0.29) is 17.0 Å². The number of amides is 1. The Morgan fingerprint density at radius 2 is 2.05 bits per heavy atom. The van der Waals surface area contributed by atoms with Crippen molar-refractivity contribution in [3.8, 4) is 6.07 Å². The fourth-order valence-electron chi connectivity index (χ4n) is 1.61. The molecule has 0 fully saturated rings. The monoisotopic (exact) mass is 284 g/mol. The number of esters is 1. The number of para-hydroxylation sites is 1. The van der Waals surface area contributed by atoms with Gasteiger partial charge in [-0.25, -0.2) is 4.79 Å². The van der Waals surface area contributed by atoms with Gasteiger partial charge in [0.15, 0.2) is 11.9 Å². The predicted molar refractivity (Wildman–Crippen MR) is 73.6 cm³/mol. The molecule has 0 aliphatic rings. The molecule has 2 aromatic rings. The van der Waals surface area contributed by atoms with Gasteiger partial charge in [0, 0.05) is 0 Å². The number of benzene rings is 1. The van der Waals surface area contributed by atoms with Crippen LogP contribution >= 0.6 is 0 Å². The summed E-state index contributed by atoms with van der Waals surface area (Å²) in [5, 5.41) is 11.2. The zero-order valence-corrected chi connectivity index (χ0v) is 11.2. The third-order valence-corrected chi connectivity index (χ3v) is 2.61. The first kappa shape index (κ1) is 14.3. The summed E-state index contributed by atoms with van der Waals surface area (Å²) >= 11 is 0. The summed E-state index contributed by atoms with van der Waals surface area (Å²) in [5.41, 5.74) is 0.452. The minimum Gasteiger partial charge on any atom is -0.459 e. The Hall–Kier alpha value is -3.07. The fourth-order valence-corrected chi connectivity index (χ4v) is 1.61. The summed E-state index contributed by atoms with van der Waals surface area (Å²) in [4.78, 5) is 23.9. The van der Waals surface area contributed by atoms with Crippen molar-refractivity contribution >= 4 is 17.6 Å². The van der Waals surface area contributed by atoms with E-state index in [1.165, 1.54) is 25.3 Å². The van der Waals surface area contributed by atoms with Crippen LogP contribution < -0.4 is 5.32 Å². The average Bonchev–Trinajstić information content (AvgIpc) is 3.01. The number of anilines is 1. The molecule has 1 atom stereocenters. The number of carbonyl (C=O) groups is 2. The second kappa shape index (κ2) is 6.39. The van der Waals surface area contributed by atoms with Gasteiger partial charge in [0.25, 0.3) is 5.91 Å². The fraction of sp³-hybridized carbons (Fsp3) is 0.133.